The van der Waals surface area contributed by atoms with E-state index in [1.54, 1.807) is 0 Å². The van der Waals surface area contributed by atoms with E-state index in [0.717, 1.165) is 0 Å². The highest BCUT2D eigenvalue weighted by atomic mass is 35.5. The number of hydrogen-bond donors (Lipinski definition) is 0. The van der Waals surface area contributed by atoms with E-state index in [9.17, 15) is 4.39 Å². The van der Waals surface area contributed by atoms with Crippen molar-refractivity contribution in [1.82, 2.24) is 0 Å². The second-order valence-electron chi connectivity index (χ2n) is 1.46. The highest BCUT2D eigenvalue weighted by Crippen LogP contribution is 2.71. The summed E-state index contributed by atoms with van der Waals surface area (Å²) in [6.07, 6.45) is -0.795. The van der Waals surface area contributed by atoms with Crippen LogP contribution in [0.1, 0.15) is 0 Å². The summed E-state index contributed by atoms with van der Waals surface area (Å²) in [5.41, 5.74) is 0. The fourth-order valence-electron chi connectivity index (χ4n) is 0.261. The summed E-state index contributed by atoms with van der Waals surface area (Å²) in [7, 11) is 0. The summed E-state index contributed by atoms with van der Waals surface area (Å²) in [6, 6.07) is 0. The van der Waals surface area contributed by atoms with Gasteiger partial charge in [0, 0.05) is 0 Å². The first kappa shape index (κ1) is 7.20. The lowest BCUT2D eigenvalue weighted by Gasteiger charge is -1.91. The number of hydrogen-bond acceptors (Lipinski definition) is 0. The van der Waals surface area contributed by atoms with E-state index >= 15 is 0 Å². The van der Waals surface area contributed by atoms with Crippen LogP contribution in [0.15, 0.2) is 0 Å². The quantitative estimate of drug-likeness (QED) is 0.523. The van der Waals surface area contributed by atoms with Crippen molar-refractivity contribution in [2.24, 2.45) is 0 Å². The van der Waals surface area contributed by atoms with E-state index in [1.165, 1.54) is 0 Å². The van der Waals surface area contributed by atoms with Crippen molar-refractivity contribution in [3.8, 4) is 0 Å². The average Bonchev–Trinajstić information content (AvgIpc) is 1.88. The van der Waals surface area contributed by atoms with Gasteiger partial charge in [0.25, 0.3) is 0 Å². The van der Waals surface area contributed by atoms with Gasteiger partial charge in [0.05, 0.1) is 0 Å². The van der Waals surface area contributed by atoms with Crippen molar-refractivity contribution in [3.05, 3.63) is 6.17 Å². The van der Waals surface area contributed by atoms with E-state index in [2.05, 4.69) is 0 Å². The van der Waals surface area contributed by atoms with E-state index in [-0.39, 0.29) is 0 Å². The van der Waals surface area contributed by atoms with Crippen molar-refractivity contribution in [3.63, 3.8) is 0 Å². The highest BCUT2D eigenvalue weighted by Gasteiger charge is 2.79. The van der Waals surface area contributed by atoms with Crippen LogP contribution in [0.3, 0.4) is 0 Å². The first-order valence-electron chi connectivity index (χ1n) is 1.69. The van der Waals surface area contributed by atoms with Crippen molar-refractivity contribution in [2.45, 2.75) is 8.67 Å². The molecule has 5 heteroatoms. The lowest BCUT2D eigenvalue weighted by atomic mass is 10.9. The smallest absolute Gasteiger partial charge is 0.222 e. The van der Waals surface area contributed by atoms with Gasteiger partial charge in [0.1, 0.15) is 0 Å². The minimum absolute atomic E-state index is 0.795. The predicted octanol–water partition coefficient (Wildman–Crippen LogP) is 2.85. The summed E-state index contributed by atoms with van der Waals surface area (Å²) in [5, 5.41) is 0. The second kappa shape index (κ2) is 1.57. The van der Waals surface area contributed by atoms with Crippen LogP contribution in [0, 0.1) is 6.17 Å². The molecule has 1 aliphatic rings. The highest BCUT2D eigenvalue weighted by molar-refractivity contribution is 6.70. The lowest BCUT2D eigenvalue weighted by molar-refractivity contribution is 0.590. The molecule has 0 N–H and O–H groups in total. The van der Waals surface area contributed by atoms with Crippen LogP contribution in [0.25, 0.3) is 0 Å². The molecule has 0 aliphatic heterocycles. The van der Waals surface area contributed by atoms with Gasteiger partial charge in [0.2, 0.25) is 6.17 Å². The van der Waals surface area contributed by atoms with Gasteiger partial charge in [-0.05, 0) is 0 Å². The van der Waals surface area contributed by atoms with Crippen molar-refractivity contribution in [2.75, 3.05) is 0 Å². The van der Waals surface area contributed by atoms with Crippen LogP contribution in [0.2, 0.25) is 0 Å². The fourth-order valence-corrected chi connectivity index (χ4v) is 1.16. The molecule has 0 aromatic heterocycles. The maximum absolute atomic E-state index is 12.1. The third kappa shape index (κ3) is 0.652. The Morgan fingerprint density at radius 3 is 1.12 bits per heavy atom. The SMILES string of the molecule is F[C]1C(Cl)(Cl)C1(Cl)Cl. The molecule has 0 bridgehead atoms. The molecule has 1 rings (SSSR count). The Kier molecular flexibility index (Phi) is 1.41. The molecule has 0 atom stereocenters. The molecule has 0 aromatic rings. The van der Waals surface area contributed by atoms with Gasteiger partial charge in [-0.1, -0.05) is 46.4 Å². The Morgan fingerprint density at radius 2 is 1.12 bits per heavy atom. The molecule has 0 amide bonds. The second-order valence-corrected chi connectivity index (χ2v) is 4.12. The predicted molar refractivity (Wildman–Crippen MR) is 33.2 cm³/mol. The van der Waals surface area contributed by atoms with Crippen LogP contribution in [-0.4, -0.2) is 8.67 Å². The fraction of sp³-hybridized carbons (Fsp3) is 0.667. The van der Waals surface area contributed by atoms with Gasteiger partial charge in [-0.2, -0.15) is 0 Å². The molecule has 8 heavy (non-hydrogen) atoms. The van der Waals surface area contributed by atoms with Crippen LogP contribution >= 0.6 is 46.4 Å². The Bertz CT molecular complexity index is 106. The monoisotopic (exact) mass is 195 g/mol. The molecule has 1 radical (unpaired) electrons. The van der Waals surface area contributed by atoms with E-state index in [1.807, 2.05) is 0 Å². The Hall–Kier alpha value is 1.09. The number of alkyl halides is 4. The van der Waals surface area contributed by atoms with Gasteiger partial charge in [0.15, 0.2) is 8.67 Å². The molecule has 1 fully saturated rings. The minimum Gasteiger partial charge on any atom is -0.233 e. The van der Waals surface area contributed by atoms with E-state index in [4.69, 9.17) is 46.4 Å². The zero-order chi connectivity index (χ0) is 6.58. The number of halogens is 5. The normalized spacial score (nSPS) is 32.6. The molecular formula is C3Cl4F. The van der Waals surface area contributed by atoms with E-state index in [0.29, 0.717) is 0 Å². The Morgan fingerprint density at radius 1 is 1.00 bits per heavy atom. The molecule has 0 unspecified atom stereocenters. The average molecular weight is 197 g/mol. The minimum atomic E-state index is -1.67. The first-order valence-corrected chi connectivity index (χ1v) is 3.21. The van der Waals surface area contributed by atoms with Crippen LogP contribution in [0.5, 0.6) is 0 Å². The standard InChI is InChI=1S/C3Cl4F/c4-2(5)1(8)3(2,6)7. The van der Waals surface area contributed by atoms with Gasteiger partial charge in [-0.3, -0.25) is 0 Å². The van der Waals surface area contributed by atoms with Gasteiger partial charge in [-0.15, -0.1) is 0 Å². The largest absolute Gasteiger partial charge is 0.233 e. The summed E-state index contributed by atoms with van der Waals surface area (Å²) in [6.45, 7) is 0. The van der Waals surface area contributed by atoms with Crippen molar-refractivity contribution >= 4 is 46.4 Å². The molecule has 1 saturated carbocycles. The molecule has 0 aromatic carbocycles. The third-order valence-electron chi connectivity index (χ3n) is 0.883. The van der Waals surface area contributed by atoms with Crippen molar-refractivity contribution in [1.29, 1.82) is 0 Å². The topological polar surface area (TPSA) is 0 Å². The first-order chi connectivity index (χ1) is 3.40. The van der Waals surface area contributed by atoms with Gasteiger partial charge < -0.3 is 0 Å². The van der Waals surface area contributed by atoms with Crippen molar-refractivity contribution < 1.29 is 4.39 Å². The summed E-state index contributed by atoms with van der Waals surface area (Å²) < 4.78 is 8.71. The Labute approximate surface area is 65.8 Å². The van der Waals surface area contributed by atoms with Gasteiger partial charge in [-0.25, -0.2) is 4.39 Å². The summed E-state index contributed by atoms with van der Waals surface area (Å²) in [4.78, 5) is 0. The molecule has 0 heterocycles. The molecule has 0 nitrogen and oxygen atoms in total. The van der Waals surface area contributed by atoms with Crippen LogP contribution in [-0.2, 0) is 0 Å². The molecular weight excluding hydrogens is 197 g/mol. The summed E-state index contributed by atoms with van der Waals surface area (Å²) in [5.74, 6) is 0. The molecule has 0 spiro atoms. The van der Waals surface area contributed by atoms with Crippen LogP contribution in [0.4, 0.5) is 4.39 Å². The van der Waals surface area contributed by atoms with E-state index < -0.39 is 14.8 Å². The summed E-state index contributed by atoms with van der Waals surface area (Å²) >= 11 is 20.7. The molecule has 47 valence electrons. The molecule has 1 aliphatic carbocycles. The maximum Gasteiger partial charge on any atom is 0.222 e. The third-order valence-corrected chi connectivity index (χ3v) is 3.07. The molecule has 0 saturated heterocycles. The maximum atomic E-state index is 12.1. The number of rotatable bonds is 0. The lowest BCUT2D eigenvalue weighted by Crippen LogP contribution is -1.96. The Balaban J connectivity index is 2.72. The van der Waals surface area contributed by atoms with Crippen LogP contribution < -0.4 is 0 Å². The zero-order valence-electron chi connectivity index (χ0n) is 3.39. The zero-order valence-corrected chi connectivity index (χ0v) is 6.41. The van der Waals surface area contributed by atoms with Gasteiger partial charge >= 0.3 is 0 Å².